The Kier molecular flexibility index (Phi) is 5.92. The van der Waals surface area contributed by atoms with Crippen LogP contribution in [0.15, 0.2) is 0 Å². The van der Waals surface area contributed by atoms with Gasteiger partial charge in [0.25, 0.3) is 0 Å². The predicted octanol–water partition coefficient (Wildman–Crippen LogP) is 1.86. The molecule has 17 heavy (non-hydrogen) atoms. The van der Waals surface area contributed by atoms with Crippen LogP contribution in [0.2, 0.25) is 0 Å². The van der Waals surface area contributed by atoms with E-state index in [4.69, 9.17) is 15.2 Å². The van der Waals surface area contributed by atoms with Crippen LogP contribution in [0.25, 0.3) is 0 Å². The molecular formula is C13H25NO3. The SMILES string of the molecule is CCCCOCCOC(=O)C1(C)CCCC1N. The fourth-order valence-corrected chi connectivity index (χ4v) is 2.15. The lowest BCUT2D eigenvalue weighted by Gasteiger charge is -2.26. The van der Waals surface area contributed by atoms with E-state index in [2.05, 4.69) is 6.92 Å². The highest BCUT2D eigenvalue weighted by molar-refractivity contribution is 5.77. The lowest BCUT2D eigenvalue weighted by molar-refractivity contribution is -0.156. The molecule has 0 heterocycles. The van der Waals surface area contributed by atoms with Gasteiger partial charge in [0, 0.05) is 12.6 Å². The van der Waals surface area contributed by atoms with Gasteiger partial charge in [0.15, 0.2) is 0 Å². The standard InChI is InChI=1S/C13H25NO3/c1-3-4-8-16-9-10-17-12(15)13(2)7-5-6-11(13)14/h11H,3-10,14H2,1-2H3. The Bertz CT molecular complexity index is 245. The molecule has 1 saturated carbocycles. The molecule has 1 aliphatic rings. The third-order valence-corrected chi connectivity index (χ3v) is 3.60. The van der Waals surface area contributed by atoms with Crippen LogP contribution in [-0.2, 0) is 14.3 Å². The second-order valence-corrected chi connectivity index (χ2v) is 5.02. The van der Waals surface area contributed by atoms with Crippen LogP contribution in [0.4, 0.5) is 0 Å². The molecule has 1 aliphatic carbocycles. The lowest BCUT2D eigenvalue weighted by Crippen LogP contribution is -2.42. The van der Waals surface area contributed by atoms with Crippen LogP contribution in [-0.4, -0.2) is 31.8 Å². The molecule has 4 nitrogen and oxygen atoms in total. The predicted molar refractivity (Wildman–Crippen MR) is 66.6 cm³/mol. The number of unbranched alkanes of at least 4 members (excludes halogenated alkanes) is 1. The molecule has 100 valence electrons. The number of ether oxygens (including phenoxy) is 2. The summed E-state index contributed by atoms with van der Waals surface area (Å²) in [7, 11) is 0. The van der Waals surface area contributed by atoms with Crippen LogP contribution < -0.4 is 5.73 Å². The van der Waals surface area contributed by atoms with Gasteiger partial charge >= 0.3 is 5.97 Å². The number of esters is 1. The third kappa shape index (κ3) is 3.96. The average molecular weight is 243 g/mol. The molecule has 0 saturated heterocycles. The smallest absolute Gasteiger partial charge is 0.313 e. The van der Waals surface area contributed by atoms with Crippen molar-refractivity contribution in [2.75, 3.05) is 19.8 Å². The van der Waals surface area contributed by atoms with E-state index >= 15 is 0 Å². The number of carbonyl (C=O) groups excluding carboxylic acids is 1. The maximum absolute atomic E-state index is 11.9. The molecule has 2 N–H and O–H groups in total. The van der Waals surface area contributed by atoms with Gasteiger partial charge in [0.1, 0.15) is 6.61 Å². The van der Waals surface area contributed by atoms with Crippen molar-refractivity contribution in [1.82, 2.24) is 0 Å². The fraction of sp³-hybridized carbons (Fsp3) is 0.923. The summed E-state index contributed by atoms with van der Waals surface area (Å²) in [6.07, 6.45) is 4.94. The van der Waals surface area contributed by atoms with Gasteiger partial charge in [0.05, 0.1) is 12.0 Å². The number of rotatable bonds is 7. The fourth-order valence-electron chi connectivity index (χ4n) is 2.15. The monoisotopic (exact) mass is 243 g/mol. The third-order valence-electron chi connectivity index (χ3n) is 3.60. The van der Waals surface area contributed by atoms with Crippen molar-refractivity contribution in [2.45, 2.75) is 52.0 Å². The molecule has 0 amide bonds. The zero-order valence-corrected chi connectivity index (χ0v) is 11.0. The van der Waals surface area contributed by atoms with Crippen molar-refractivity contribution in [2.24, 2.45) is 11.1 Å². The highest BCUT2D eigenvalue weighted by atomic mass is 16.6. The van der Waals surface area contributed by atoms with E-state index in [1.54, 1.807) is 0 Å². The number of hydrogen-bond acceptors (Lipinski definition) is 4. The van der Waals surface area contributed by atoms with Gasteiger partial charge in [-0.1, -0.05) is 19.8 Å². The van der Waals surface area contributed by atoms with E-state index in [1.807, 2.05) is 6.92 Å². The molecule has 0 aromatic heterocycles. The first-order valence-corrected chi connectivity index (χ1v) is 6.62. The van der Waals surface area contributed by atoms with E-state index < -0.39 is 5.41 Å². The first kappa shape index (κ1) is 14.5. The van der Waals surface area contributed by atoms with E-state index in [9.17, 15) is 4.79 Å². The molecule has 0 spiro atoms. The van der Waals surface area contributed by atoms with Gasteiger partial charge in [-0.15, -0.1) is 0 Å². The Morgan fingerprint density at radius 1 is 1.41 bits per heavy atom. The van der Waals surface area contributed by atoms with Crippen molar-refractivity contribution in [1.29, 1.82) is 0 Å². The van der Waals surface area contributed by atoms with Gasteiger partial charge in [-0.05, 0) is 26.2 Å². The topological polar surface area (TPSA) is 61.5 Å². The number of hydrogen-bond donors (Lipinski definition) is 1. The summed E-state index contributed by atoms with van der Waals surface area (Å²) >= 11 is 0. The van der Waals surface area contributed by atoms with E-state index in [-0.39, 0.29) is 12.0 Å². The minimum atomic E-state index is -0.483. The summed E-state index contributed by atoms with van der Waals surface area (Å²) in [5.41, 5.74) is 5.47. The molecule has 2 unspecified atom stereocenters. The summed E-state index contributed by atoms with van der Waals surface area (Å²) in [5.74, 6) is -0.165. The first-order valence-electron chi connectivity index (χ1n) is 6.62. The number of nitrogens with two attached hydrogens (primary N) is 1. The summed E-state index contributed by atoms with van der Waals surface area (Å²) in [6.45, 7) is 5.59. The van der Waals surface area contributed by atoms with Crippen molar-refractivity contribution < 1.29 is 14.3 Å². The maximum Gasteiger partial charge on any atom is 0.313 e. The normalized spacial score (nSPS) is 28.3. The van der Waals surface area contributed by atoms with Gasteiger partial charge in [-0.2, -0.15) is 0 Å². The zero-order valence-electron chi connectivity index (χ0n) is 11.0. The summed E-state index contributed by atoms with van der Waals surface area (Å²) in [4.78, 5) is 11.9. The molecule has 2 atom stereocenters. The Morgan fingerprint density at radius 2 is 2.18 bits per heavy atom. The molecule has 1 fully saturated rings. The first-order chi connectivity index (χ1) is 8.11. The van der Waals surface area contributed by atoms with Crippen LogP contribution in [0.5, 0.6) is 0 Å². The highest BCUT2D eigenvalue weighted by Gasteiger charge is 2.44. The quantitative estimate of drug-likeness (QED) is 0.547. The largest absolute Gasteiger partial charge is 0.463 e. The molecule has 1 rings (SSSR count). The maximum atomic E-state index is 11.9. The van der Waals surface area contributed by atoms with Gasteiger partial charge in [-0.3, -0.25) is 4.79 Å². The Morgan fingerprint density at radius 3 is 2.76 bits per heavy atom. The van der Waals surface area contributed by atoms with Gasteiger partial charge in [0.2, 0.25) is 0 Å². The highest BCUT2D eigenvalue weighted by Crippen LogP contribution is 2.37. The van der Waals surface area contributed by atoms with Crippen molar-refractivity contribution in [3.05, 3.63) is 0 Å². The lowest BCUT2D eigenvalue weighted by atomic mass is 9.85. The van der Waals surface area contributed by atoms with Crippen molar-refractivity contribution >= 4 is 5.97 Å². The molecule has 0 aromatic rings. The van der Waals surface area contributed by atoms with Gasteiger partial charge < -0.3 is 15.2 Å². The molecule has 0 radical (unpaired) electrons. The van der Waals surface area contributed by atoms with E-state index in [0.717, 1.165) is 38.7 Å². The molecule has 0 aliphatic heterocycles. The minimum Gasteiger partial charge on any atom is -0.463 e. The summed E-state index contributed by atoms with van der Waals surface area (Å²) < 4.78 is 10.6. The Labute approximate surface area is 104 Å². The Balaban J connectivity index is 2.16. The zero-order chi connectivity index (χ0) is 12.7. The van der Waals surface area contributed by atoms with Crippen LogP contribution in [0.3, 0.4) is 0 Å². The molecule has 0 bridgehead atoms. The summed E-state index contributed by atoms with van der Waals surface area (Å²) in [5, 5.41) is 0. The second kappa shape index (κ2) is 6.97. The number of carbonyl (C=O) groups is 1. The molecule has 4 heteroatoms. The average Bonchev–Trinajstić information content (AvgIpc) is 2.65. The van der Waals surface area contributed by atoms with Gasteiger partial charge in [-0.25, -0.2) is 0 Å². The van der Waals surface area contributed by atoms with Crippen LogP contribution in [0, 0.1) is 5.41 Å². The van der Waals surface area contributed by atoms with E-state index in [0.29, 0.717) is 13.2 Å². The second-order valence-electron chi connectivity index (χ2n) is 5.02. The summed E-state index contributed by atoms with van der Waals surface area (Å²) in [6, 6.07) is -0.0593. The molecular weight excluding hydrogens is 218 g/mol. The van der Waals surface area contributed by atoms with Crippen LogP contribution in [0.1, 0.15) is 46.0 Å². The van der Waals surface area contributed by atoms with Crippen LogP contribution >= 0.6 is 0 Å². The Hall–Kier alpha value is -0.610. The van der Waals surface area contributed by atoms with Crippen molar-refractivity contribution in [3.63, 3.8) is 0 Å². The van der Waals surface area contributed by atoms with E-state index in [1.165, 1.54) is 0 Å². The minimum absolute atomic E-state index is 0.0593. The molecule has 0 aromatic carbocycles. The van der Waals surface area contributed by atoms with Crippen molar-refractivity contribution in [3.8, 4) is 0 Å².